The lowest BCUT2D eigenvalue weighted by Gasteiger charge is -2.09. The van der Waals surface area contributed by atoms with Crippen molar-refractivity contribution in [2.24, 2.45) is 0 Å². The quantitative estimate of drug-likeness (QED) is 0.700. The molecule has 21 heavy (non-hydrogen) atoms. The molecule has 1 heterocycles. The third-order valence-corrected chi connectivity index (χ3v) is 3.80. The van der Waals surface area contributed by atoms with Crippen LogP contribution in [0.2, 0.25) is 0 Å². The number of nitrogens with zero attached hydrogens (tertiary/aromatic N) is 1. The van der Waals surface area contributed by atoms with Gasteiger partial charge in [0.05, 0.1) is 5.69 Å². The number of anilines is 1. The Kier molecular flexibility index (Phi) is 3.91. The summed E-state index contributed by atoms with van der Waals surface area (Å²) in [7, 11) is 0. The van der Waals surface area contributed by atoms with Crippen LogP contribution in [0.5, 0.6) is 0 Å². The van der Waals surface area contributed by atoms with Gasteiger partial charge in [0.15, 0.2) is 12.0 Å². The van der Waals surface area contributed by atoms with E-state index in [0.717, 1.165) is 36.2 Å². The predicted octanol–water partition coefficient (Wildman–Crippen LogP) is 4.49. The highest BCUT2D eigenvalue weighted by atomic mass is 16.3. The molecular formula is C18H20N2O. The molecule has 3 heteroatoms. The van der Waals surface area contributed by atoms with Crippen LogP contribution in [0.3, 0.4) is 0 Å². The first-order valence-corrected chi connectivity index (χ1v) is 7.36. The summed E-state index contributed by atoms with van der Waals surface area (Å²) in [6, 6.07) is 12.6. The van der Waals surface area contributed by atoms with Gasteiger partial charge in [-0.05, 0) is 49.9 Å². The van der Waals surface area contributed by atoms with Crippen LogP contribution >= 0.6 is 0 Å². The molecule has 0 aliphatic rings. The van der Waals surface area contributed by atoms with Gasteiger partial charge in [-0.25, -0.2) is 4.98 Å². The van der Waals surface area contributed by atoms with Crippen LogP contribution in [-0.4, -0.2) is 11.5 Å². The van der Waals surface area contributed by atoms with E-state index in [1.54, 1.807) is 0 Å². The molecule has 1 N–H and O–H groups in total. The highest BCUT2D eigenvalue weighted by Crippen LogP contribution is 2.21. The topological polar surface area (TPSA) is 38.1 Å². The van der Waals surface area contributed by atoms with Crippen molar-refractivity contribution in [2.45, 2.75) is 26.7 Å². The first-order chi connectivity index (χ1) is 10.2. The molecule has 0 atom stereocenters. The maximum Gasteiger partial charge on any atom is 0.182 e. The standard InChI is InChI=1S/C18H20N2O/c1-13-8-9-15(14(2)11-13)5-4-10-19-16-6-3-7-17-18(16)20-12-21-17/h3,6-9,11-12,19H,4-5,10H2,1-2H3. The molecule has 1 aromatic heterocycles. The molecule has 0 saturated carbocycles. The number of aryl methyl sites for hydroxylation is 3. The van der Waals surface area contributed by atoms with Gasteiger partial charge < -0.3 is 9.73 Å². The minimum absolute atomic E-state index is 0.828. The number of para-hydroxylation sites is 1. The molecule has 0 aliphatic heterocycles. The Morgan fingerprint density at radius 1 is 1.14 bits per heavy atom. The SMILES string of the molecule is Cc1ccc(CCCNc2cccc3ocnc23)c(C)c1. The van der Waals surface area contributed by atoms with E-state index >= 15 is 0 Å². The van der Waals surface area contributed by atoms with Crippen LogP contribution in [0, 0.1) is 13.8 Å². The van der Waals surface area contributed by atoms with Crippen molar-refractivity contribution in [3.63, 3.8) is 0 Å². The predicted molar refractivity (Wildman–Crippen MR) is 86.7 cm³/mol. The van der Waals surface area contributed by atoms with Crippen molar-refractivity contribution in [2.75, 3.05) is 11.9 Å². The van der Waals surface area contributed by atoms with Crippen molar-refractivity contribution in [1.29, 1.82) is 0 Å². The Morgan fingerprint density at radius 2 is 2.05 bits per heavy atom. The molecule has 0 bridgehead atoms. The van der Waals surface area contributed by atoms with Crippen molar-refractivity contribution in [3.05, 3.63) is 59.5 Å². The zero-order valence-corrected chi connectivity index (χ0v) is 12.5. The smallest absolute Gasteiger partial charge is 0.182 e. The highest BCUT2D eigenvalue weighted by molar-refractivity contribution is 5.86. The van der Waals surface area contributed by atoms with Crippen LogP contribution in [0.1, 0.15) is 23.1 Å². The zero-order valence-electron chi connectivity index (χ0n) is 12.5. The van der Waals surface area contributed by atoms with Gasteiger partial charge in [0.2, 0.25) is 0 Å². The van der Waals surface area contributed by atoms with Crippen LogP contribution in [0.25, 0.3) is 11.1 Å². The first-order valence-electron chi connectivity index (χ1n) is 7.36. The second-order valence-electron chi connectivity index (χ2n) is 5.46. The summed E-state index contributed by atoms with van der Waals surface area (Å²) in [4.78, 5) is 4.25. The summed E-state index contributed by atoms with van der Waals surface area (Å²) >= 11 is 0. The number of aromatic nitrogens is 1. The van der Waals surface area contributed by atoms with E-state index in [2.05, 4.69) is 42.3 Å². The third kappa shape index (κ3) is 3.07. The number of benzene rings is 2. The molecule has 0 saturated heterocycles. The lowest BCUT2D eigenvalue weighted by atomic mass is 10.0. The summed E-state index contributed by atoms with van der Waals surface area (Å²) in [6.45, 7) is 5.25. The normalized spacial score (nSPS) is 11.0. The summed E-state index contributed by atoms with van der Waals surface area (Å²) in [5.74, 6) is 0. The Labute approximate surface area is 125 Å². The van der Waals surface area contributed by atoms with Gasteiger partial charge in [-0.15, -0.1) is 0 Å². The van der Waals surface area contributed by atoms with E-state index in [1.807, 2.05) is 18.2 Å². The van der Waals surface area contributed by atoms with Crippen LogP contribution in [0.15, 0.2) is 47.2 Å². The summed E-state index contributed by atoms with van der Waals surface area (Å²) in [6.07, 6.45) is 3.68. The van der Waals surface area contributed by atoms with Crippen molar-refractivity contribution < 1.29 is 4.42 Å². The Hall–Kier alpha value is -2.29. The van der Waals surface area contributed by atoms with Gasteiger partial charge in [-0.2, -0.15) is 0 Å². The highest BCUT2D eigenvalue weighted by Gasteiger charge is 2.04. The number of hydrogen-bond acceptors (Lipinski definition) is 3. The van der Waals surface area contributed by atoms with Gasteiger partial charge in [0.25, 0.3) is 0 Å². The Morgan fingerprint density at radius 3 is 2.90 bits per heavy atom. The Balaban J connectivity index is 1.58. The minimum atomic E-state index is 0.828. The van der Waals surface area contributed by atoms with Crippen LogP contribution in [-0.2, 0) is 6.42 Å². The molecule has 0 amide bonds. The van der Waals surface area contributed by atoms with Crippen LogP contribution in [0.4, 0.5) is 5.69 Å². The largest absolute Gasteiger partial charge is 0.443 e. The van der Waals surface area contributed by atoms with Crippen molar-refractivity contribution in [1.82, 2.24) is 4.98 Å². The van der Waals surface area contributed by atoms with E-state index in [-0.39, 0.29) is 0 Å². The fourth-order valence-corrected chi connectivity index (χ4v) is 2.66. The molecule has 0 fully saturated rings. The maximum atomic E-state index is 5.31. The van der Waals surface area contributed by atoms with Gasteiger partial charge in [0, 0.05) is 6.54 Å². The van der Waals surface area contributed by atoms with Crippen molar-refractivity contribution in [3.8, 4) is 0 Å². The molecule has 3 aromatic rings. The molecule has 3 nitrogen and oxygen atoms in total. The molecule has 2 aromatic carbocycles. The molecular weight excluding hydrogens is 260 g/mol. The lowest BCUT2D eigenvalue weighted by Crippen LogP contribution is -2.04. The molecule has 0 spiro atoms. The Bertz CT molecular complexity index is 746. The van der Waals surface area contributed by atoms with Gasteiger partial charge in [-0.3, -0.25) is 0 Å². The second kappa shape index (κ2) is 6.00. The summed E-state index contributed by atoms with van der Waals surface area (Å²) < 4.78 is 5.31. The number of fused-ring (bicyclic) bond motifs is 1. The molecule has 0 unspecified atom stereocenters. The van der Waals surface area contributed by atoms with E-state index in [1.165, 1.54) is 23.1 Å². The van der Waals surface area contributed by atoms with Gasteiger partial charge in [-0.1, -0.05) is 29.8 Å². The van der Waals surface area contributed by atoms with E-state index in [9.17, 15) is 0 Å². The van der Waals surface area contributed by atoms with Gasteiger partial charge >= 0.3 is 0 Å². The maximum absolute atomic E-state index is 5.31. The number of hydrogen-bond donors (Lipinski definition) is 1. The van der Waals surface area contributed by atoms with E-state index < -0.39 is 0 Å². The van der Waals surface area contributed by atoms with Gasteiger partial charge in [0.1, 0.15) is 5.52 Å². The zero-order chi connectivity index (χ0) is 14.7. The summed E-state index contributed by atoms with van der Waals surface area (Å²) in [5, 5.41) is 3.45. The fourth-order valence-electron chi connectivity index (χ4n) is 2.66. The number of nitrogens with one attached hydrogen (secondary N) is 1. The van der Waals surface area contributed by atoms with E-state index in [0.29, 0.717) is 0 Å². The number of oxazole rings is 1. The van der Waals surface area contributed by atoms with Crippen LogP contribution < -0.4 is 5.32 Å². The molecule has 108 valence electrons. The molecule has 0 radical (unpaired) electrons. The number of rotatable bonds is 5. The third-order valence-electron chi connectivity index (χ3n) is 3.80. The average molecular weight is 280 g/mol. The second-order valence-corrected chi connectivity index (χ2v) is 5.46. The fraction of sp³-hybridized carbons (Fsp3) is 0.278. The minimum Gasteiger partial charge on any atom is -0.443 e. The lowest BCUT2D eigenvalue weighted by molar-refractivity contribution is 0.602. The van der Waals surface area contributed by atoms with E-state index in [4.69, 9.17) is 4.42 Å². The first kappa shape index (κ1) is 13.7. The summed E-state index contributed by atoms with van der Waals surface area (Å²) in [5.41, 5.74) is 6.92. The monoisotopic (exact) mass is 280 g/mol. The van der Waals surface area contributed by atoms with Crippen molar-refractivity contribution >= 4 is 16.8 Å². The average Bonchev–Trinajstić information content (AvgIpc) is 2.94. The molecule has 3 rings (SSSR count). The molecule has 0 aliphatic carbocycles.